The molecule has 0 aromatic heterocycles. The molecular weight excluding hydrogens is 240 g/mol. The van der Waals surface area contributed by atoms with E-state index in [0.717, 1.165) is 0 Å². The fourth-order valence-corrected chi connectivity index (χ4v) is 2.86. The van der Waals surface area contributed by atoms with Gasteiger partial charge in [-0.1, -0.05) is 86.6 Å². The van der Waals surface area contributed by atoms with Crippen LogP contribution in [0.25, 0.3) is 32.3 Å². The molecule has 0 aliphatic rings. The normalized spacial score (nSPS) is 10.5. The van der Waals surface area contributed by atoms with E-state index in [9.17, 15) is 0 Å². The highest BCUT2D eigenvalue weighted by atomic mass is 14.1. The Labute approximate surface area is 119 Å². The van der Waals surface area contributed by atoms with Crippen LogP contribution in [0, 0.1) is 0 Å². The van der Waals surface area contributed by atoms with E-state index in [2.05, 4.69) is 72.8 Å². The molecule has 4 aromatic rings. The van der Waals surface area contributed by atoms with Gasteiger partial charge in [-0.2, -0.15) is 0 Å². The van der Waals surface area contributed by atoms with Crippen LogP contribution in [0.5, 0.6) is 0 Å². The van der Waals surface area contributed by atoms with Gasteiger partial charge in [-0.05, 0) is 32.3 Å². The van der Waals surface area contributed by atoms with Crippen LogP contribution in [0.2, 0.25) is 0 Å². The molecule has 98 valence electrons. The van der Waals surface area contributed by atoms with Gasteiger partial charge < -0.3 is 0 Å². The summed E-state index contributed by atoms with van der Waals surface area (Å²) in [5.41, 5.74) is 0. The smallest absolute Gasteiger partial charge is 0.00990 e. The first-order valence-corrected chi connectivity index (χ1v) is 7.23. The third-order valence-electron chi connectivity index (χ3n) is 3.65. The van der Waals surface area contributed by atoms with E-state index in [4.69, 9.17) is 0 Å². The first-order chi connectivity index (χ1) is 9.95. The van der Waals surface area contributed by atoms with Crippen molar-refractivity contribution in [1.29, 1.82) is 0 Å². The average Bonchev–Trinajstić information content (AvgIpc) is 2.57. The lowest BCUT2D eigenvalue weighted by atomic mass is 9.95. The molecule has 20 heavy (non-hydrogen) atoms. The van der Waals surface area contributed by atoms with Gasteiger partial charge in [-0.25, -0.2) is 0 Å². The molecule has 0 N–H and O–H groups in total. The van der Waals surface area contributed by atoms with Crippen LogP contribution in [0.1, 0.15) is 13.8 Å². The molecule has 0 spiro atoms. The fraction of sp³-hybridized carbons (Fsp3) is 0.100. The predicted octanol–water partition coefficient (Wildman–Crippen LogP) is 6.17. The molecule has 0 fully saturated rings. The standard InChI is InChI=1S/C18H12.C2H6/c1-2-8-14-13(7-1)15-9-3-4-11-17(15)18-12-6-5-10-16(14)18;1-2/h1-12H;1-2H3. The highest BCUT2D eigenvalue weighted by Crippen LogP contribution is 2.34. The molecule has 0 unspecified atom stereocenters. The summed E-state index contributed by atoms with van der Waals surface area (Å²) in [4.78, 5) is 0. The third kappa shape index (κ3) is 1.85. The highest BCUT2D eigenvalue weighted by molar-refractivity contribution is 6.25. The molecule has 0 heterocycles. The van der Waals surface area contributed by atoms with Gasteiger partial charge in [0.15, 0.2) is 0 Å². The van der Waals surface area contributed by atoms with Gasteiger partial charge in [-0.3, -0.25) is 0 Å². The highest BCUT2D eigenvalue weighted by Gasteiger charge is 2.06. The summed E-state index contributed by atoms with van der Waals surface area (Å²) in [5, 5.41) is 8.04. The molecular formula is C20H18. The summed E-state index contributed by atoms with van der Waals surface area (Å²) in [7, 11) is 0. The Morgan fingerprint density at radius 2 is 0.500 bits per heavy atom. The number of benzene rings is 4. The minimum atomic E-state index is 1.34. The second kappa shape index (κ2) is 5.34. The van der Waals surface area contributed by atoms with Gasteiger partial charge >= 0.3 is 0 Å². The molecule has 0 bridgehead atoms. The summed E-state index contributed by atoms with van der Waals surface area (Å²) in [6, 6.07) is 26.0. The Bertz CT molecular complexity index is 652. The van der Waals surface area contributed by atoms with Crippen molar-refractivity contribution in [2.45, 2.75) is 13.8 Å². The molecule has 4 rings (SSSR count). The summed E-state index contributed by atoms with van der Waals surface area (Å²) in [6.45, 7) is 4.00. The number of fused-ring (bicyclic) bond motifs is 6. The van der Waals surface area contributed by atoms with Crippen molar-refractivity contribution in [1.82, 2.24) is 0 Å². The van der Waals surface area contributed by atoms with Crippen LogP contribution < -0.4 is 0 Å². The topological polar surface area (TPSA) is 0 Å². The lowest BCUT2D eigenvalue weighted by Gasteiger charge is -2.09. The average molecular weight is 258 g/mol. The molecule has 0 nitrogen and oxygen atoms in total. The molecule has 0 atom stereocenters. The Morgan fingerprint density at radius 3 is 0.650 bits per heavy atom. The van der Waals surface area contributed by atoms with E-state index in [1.54, 1.807) is 0 Å². The van der Waals surface area contributed by atoms with Crippen molar-refractivity contribution >= 4 is 32.3 Å². The van der Waals surface area contributed by atoms with Crippen molar-refractivity contribution in [3.8, 4) is 0 Å². The van der Waals surface area contributed by atoms with Gasteiger partial charge in [0, 0.05) is 0 Å². The maximum atomic E-state index is 2.21. The van der Waals surface area contributed by atoms with E-state index < -0.39 is 0 Å². The van der Waals surface area contributed by atoms with E-state index >= 15 is 0 Å². The first kappa shape index (κ1) is 12.7. The van der Waals surface area contributed by atoms with Gasteiger partial charge in [0.25, 0.3) is 0 Å². The van der Waals surface area contributed by atoms with Crippen LogP contribution >= 0.6 is 0 Å². The predicted molar refractivity (Wildman–Crippen MR) is 90.3 cm³/mol. The van der Waals surface area contributed by atoms with Gasteiger partial charge in [0.2, 0.25) is 0 Å². The molecule has 0 radical (unpaired) electrons. The van der Waals surface area contributed by atoms with E-state index in [-0.39, 0.29) is 0 Å². The zero-order valence-corrected chi connectivity index (χ0v) is 11.9. The molecule has 4 aromatic carbocycles. The number of hydrogen-bond acceptors (Lipinski definition) is 0. The molecule has 0 aliphatic heterocycles. The molecule has 0 saturated carbocycles. The van der Waals surface area contributed by atoms with E-state index in [1.165, 1.54) is 32.3 Å². The van der Waals surface area contributed by atoms with Crippen LogP contribution in [0.3, 0.4) is 0 Å². The molecule has 0 heteroatoms. The summed E-state index contributed by atoms with van der Waals surface area (Å²) in [5.74, 6) is 0. The minimum absolute atomic E-state index is 1.34. The first-order valence-electron chi connectivity index (χ1n) is 7.23. The van der Waals surface area contributed by atoms with Crippen LogP contribution in [-0.4, -0.2) is 0 Å². The van der Waals surface area contributed by atoms with Gasteiger partial charge in [-0.15, -0.1) is 0 Å². The SMILES string of the molecule is CC.c1ccc2c(c1)c1ccccc1c1ccccc21. The summed E-state index contributed by atoms with van der Waals surface area (Å²) >= 11 is 0. The largest absolute Gasteiger partial charge is 0.0683 e. The van der Waals surface area contributed by atoms with Gasteiger partial charge in [0.1, 0.15) is 0 Å². The molecule has 0 saturated heterocycles. The maximum Gasteiger partial charge on any atom is -0.00990 e. The fourth-order valence-electron chi connectivity index (χ4n) is 2.86. The Balaban J connectivity index is 0.000000581. The second-order valence-corrected chi connectivity index (χ2v) is 4.64. The monoisotopic (exact) mass is 258 g/mol. The quantitative estimate of drug-likeness (QED) is 0.331. The van der Waals surface area contributed by atoms with Crippen molar-refractivity contribution in [3.63, 3.8) is 0 Å². The maximum absolute atomic E-state index is 2.21. The zero-order chi connectivity index (χ0) is 13.9. The van der Waals surface area contributed by atoms with Crippen LogP contribution in [-0.2, 0) is 0 Å². The second-order valence-electron chi connectivity index (χ2n) is 4.64. The molecule has 0 amide bonds. The van der Waals surface area contributed by atoms with Crippen LogP contribution in [0.15, 0.2) is 72.8 Å². The number of hydrogen-bond donors (Lipinski definition) is 0. The van der Waals surface area contributed by atoms with E-state index in [0.29, 0.717) is 0 Å². The van der Waals surface area contributed by atoms with Crippen LogP contribution in [0.4, 0.5) is 0 Å². The minimum Gasteiger partial charge on any atom is -0.0683 e. The van der Waals surface area contributed by atoms with Crippen molar-refractivity contribution in [3.05, 3.63) is 72.8 Å². The number of rotatable bonds is 0. The van der Waals surface area contributed by atoms with Gasteiger partial charge in [0.05, 0.1) is 0 Å². The Morgan fingerprint density at radius 1 is 0.350 bits per heavy atom. The summed E-state index contributed by atoms with van der Waals surface area (Å²) in [6.07, 6.45) is 0. The zero-order valence-electron chi connectivity index (χ0n) is 11.9. The lowest BCUT2D eigenvalue weighted by Crippen LogP contribution is -1.81. The third-order valence-corrected chi connectivity index (χ3v) is 3.65. The van der Waals surface area contributed by atoms with Crippen molar-refractivity contribution in [2.75, 3.05) is 0 Å². The molecule has 0 aliphatic carbocycles. The Kier molecular flexibility index (Phi) is 3.39. The van der Waals surface area contributed by atoms with Crippen molar-refractivity contribution in [2.24, 2.45) is 0 Å². The lowest BCUT2D eigenvalue weighted by molar-refractivity contribution is 1.50. The Hall–Kier alpha value is -2.34. The van der Waals surface area contributed by atoms with Crippen molar-refractivity contribution < 1.29 is 0 Å². The van der Waals surface area contributed by atoms with E-state index in [1.807, 2.05) is 13.8 Å². The summed E-state index contributed by atoms with van der Waals surface area (Å²) < 4.78 is 0.